The zero-order chi connectivity index (χ0) is 14.7. The Hall–Kier alpha value is -1.23. The molecule has 5 heteroatoms. The Bertz CT molecular complexity index is 465. The molecule has 1 fully saturated rings. The van der Waals surface area contributed by atoms with Gasteiger partial charge in [0.1, 0.15) is 5.82 Å². The molecule has 0 radical (unpaired) electrons. The third kappa shape index (κ3) is 3.08. The second-order valence-electron chi connectivity index (χ2n) is 5.33. The van der Waals surface area contributed by atoms with Crippen LogP contribution in [-0.2, 0) is 0 Å². The fourth-order valence-electron chi connectivity index (χ4n) is 2.80. The monoisotopic (exact) mass is 286 g/mol. The zero-order valence-electron chi connectivity index (χ0n) is 11.9. The highest BCUT2D eigenvalue weighted by Crippen LogP contribution is 2.27. The average molecular weight is 286 g/mol. The van der Waals surface area contributed by atoms with Gasteiger partial charge in [-0.15, -0.1) is 0 Å². The zero-order valence-corrected chi connectivity index (χ0v) is 11.9. The minimum Gasteiger partial charge on any atom is -0.363 e. The van der Waals surface area contributed by atoms with Crippen LogP contribution in [0.3, 0.4) is 0 Å². The standard InChI is InChI=1S/C15H21F3N2/c1-3-5-10-9-20(11(4-2)8-19-10)15-7-13(17)12(16)6-14(15)18/h6-7,10-11,19H,3-5,8-9H2,1-2H3. The lowest BCUT2D eigenvalue weighted by molar-refractivity contribution is 0.365. The van der Waals surface area contributed by atoms with Gasteiger partial charge in [-0.25, -0.2) is 13.2 Å². The van der Waals surface area contributed by atoms with Gasteiger partial charge in [-0.2, -0.15) is 0 Å². The first kappa shape index (κ1) is 15.2. The molecule has 1 aromatic rings. The van der Waals surface area contributed by atoms with Crippen LogP contribution < -0.4 is 10.2 Å². The molecular weight excluding hydrogens is 265 g/mol. The van der Waals surface area contributed by atoms with E-state index in [2.05, 4.69) is 12.2 Å². The van der Waals surface area contributed by atoms with Gasteiger partial charge < -0.3 is 10.2 Å². The van der Waals surface area contributed by atoms with Gasteiger partial charge in [0.2, 0.25) is 0 Å². The molecule has 1 saturated heterocycles. The number of nitrogens with one attached hydrogen (secondary N) is 1. The molecule has 2 nitrogen and oxygen atoms in total. The van der Waals surface area contributed by atoms with Gasteiger partial charge in [-0.3, -0.25) is 0 Å². The van der Waals surface area contributed by atoms with Crippen LogP contribution in [0, 0.1) is 17.5 Å². The van der Waals surface area contributed by atoms with Crippen molar-refractivity contribution >= 4 is 5.69 Å². The summed E-state index contributed by atoms with van der Waals surface area (Å²) in [6, 6.07) is 1.97. The Labute approximate surface area is 118 Å². The van der Waals surface area contributed by atoms with Crippen molar-refractivity contribution in [3.8, 4) is 0 Å². The summed E-state index contributed by atoms with van der Waals surface area (Å²) in [5.74, 6) is -2.83. The van der Waals surface area contributed by atoms with Crippen molar-refractivity contribution in [2.45, 2.75) is 45.2 Å². The van der Waals surface area contributed by atoms with E-state index in [4.69, 9.17) is 0 Å². The number of nitrogens with zero attached hydrogens (tertiary/aromatic N) is 1. The Balaban J connectivity index is 2.28. The SMILES string of the molecule is CCCC1CN(c2cc(F)c(F)cc2F)C(CC)CN1. The van der Waals surface area contributed by atoms with Crippen LogP contribution in [0.1, 0.15) is 33.1 Å². The first-order chi connectivity index (χ1) is 9.56. The van der Waals surface area contributed by atoms with E-state index in [0.717, 1.165) is 31.9 Å². The second kappa shape index (κ2) is 6.48. The van der Waals surface area contributed by atoms with Gasteiger partial charge in [0.25, 0.3) is 0 Å². The van der Waals surface area contributed by atoms with Crippen LogP contribution in [0.2, 0.25) is 0 Å². The Morgan fingerprint density at radius 3 is 2.50 bits per heavy atom. The van der Waals surface area contributed by atoms with Gasteiger partial charge in [0.15, 0.2) is 11.6 Å². The molecule has 20 heavy (non-hydrogen) atoms. The normalized spacial score (nSPS) is 23.1. The Kier molecular flexibility index (Phi) is 4.91. The third-order valence-electron chi connectivity index (χ3n) is 3.91. The molecule has 0 amide bonds. The summed E-state index contributed by atoms with van der Waals surface area (Å²) >= 11 is 0. The second-order valence-corrected chi connectivity index (χ2v) is 5.33. The van der Waals surface area contributed by atoms with E-state index < -0.39 is 17.5 Å². The maximum atomic E-state index is 14.0. The minimum atomic E-state index is -1.14. The average Bonchev–Trinajstić information content (AvgIpc) is 2.43. The minimum absolute atomic E-state index is 0.0995. The Morgan fingerprint density at radius 2 is 1.85 bits per heavy atom. The summed E-state index contributed by atoms with van der Waals surface area (Å²) < 4.78 is 40.4. The van der Waals surface area contributed by atoms with Crippen LogP contribution in [0.5, 0.6) is 0 Å². The fraction of sp³-hybridized carbons (Fsp3) is 0.600. The molecule has 112 valence electrons. The molecular formula is C15H21F3N2. The van der Waals surface area contributed by atoms with Crippen molar-refractivity contribution in [1.82, 2.24) is 5.32 Å². The summed E-state index contributed by atoms with van der Waals surface area (Å²) in [5.41, 5.74) is 0.165. The maximum Gasteiger partial charge on any atom is 0.161 e. The molecule has 1 heterocycles. The van der Waals surface area contributed by atoms with E-state index in [1.807, 2.05) is 11.8 Å². The molecule has 1 aromatic carbocycles. The van der Waals surface area contributed by atoms with Gasteiger partial charge >= 0.3 is 0 Å². The first-order valence-electron chi connectivity index (χ1n) is 7.21. The molecule has 2 rings (SSSR count). The third-order valence-corrected chi connectivity index (χ3v) is 3.91. The summed E-state index contributed by atoms with van der Waals surface area (Å²) in [6.45, 7) is 5.46. The van der Waals surface area contributed by atoms with Crippen LogP contribution in [0.4, 0.5) is 18.9 Å². The highest BCUT2D eigenvalue weighted by molar-refractivity contribution is 5.50. The van der Waals surface area contributed by atoms with Crippen molar-refractivity contribution in [2.75, 3.05) is 18.0 Å². The molecule has 0 spiro atoms. The molecule has 0 aliphatic carbocycles. The number of anilines is 1. The van der Waals surface area contributed by atoms with Crippen LogP contribution in [-0.4, -0.2) is 25.2 Å². The molecule has 0 saturated carbocycles. The Morgan fingerprint density at radius 1 is 1.15 bits per heavy atom. The lowest BCUT2D eigenvalue weighted by atomic mass is 10.0. The van der Waals surface area contributed by atoms with Gasteiger partial charge in [-0.05, 0) is 12.8 Å². The molecule has 2 unspecified atom stereocenters. The van der Waals surface area contributed by atoms with Crippen molar-refractivity contribution in [3.63, 3.8) is 0 Å². The lowest BCUT2D eigenvalue weighted by Gasteiger charge is -2.42. The number of piperazine rings is 1. The number of rotatable bonds is 4. The first-order valence-corrected chi connectivity index (χ1v) is 7.21. The lowest BCUT2D eigenvalue weighted by Crippen LogP contribution is -2.56. The molecule has 1 N–H and O–H groups in total. The van der Waals surface area contributed by atoms with Crippen molar-refractivity contribution < 1.29 is 13.2 Å². The smallest absolute Gasteiger partial charge is 0.161 e. The van der Waals surface area contributed by atoms with E-state index in [1.54, 1.807) is 0 Å². The predicted octanol–water partition coefficient (Wildman–Crippen LogP) is 3.46. The summed E-state index contributed by atoms with van der Waals surface area (Å²) in [7, 11) is 0. The van der Waals surface area contributed by atoms with E-state index in [1.165, 1.54) is 0 Å². The number of halogens is 3. The van der Waals surface area contributed by atoms with E-state index >= 15 is 0 Å². The van der Waals surface area contributed by atoms with Crippen LogP contribution >= 0.6 is 0 Å². The highest BCUT2D eigenvalue weighted by Gasteiger charge is 2.28. The van der Waals surface area contributed by atoms with Gasteiger partial charge in [-0.1, -0.05) is 20.3 Å². The van der Waals surface area contributed by atoms with Crippen molar-refractivity contribution in [2.24, 2.45) is 0 Å². The van der Waals surface area contributed by atoms with E-state index in [0.29, 0.717) is 12.6 Å². The van der Waals surface area contributed by atoms with E-state index in [9.17, 15) is 13.2 Å². The molecule has 2 atom stereocenters. The quantitative estimate of drug-likeness (QED) is 0.853. The number of hydrogen-bond acceptors (Lipinski definition) is 2. The number of benzene rings is 1. The summed E-state index contributed by atoms with van der Waals surface area (Å²) in [4.78, 5) is 1.87. The topological polar surface area (TPSA) is 15.3 Å². The maximum absolute atomic E-state index is 14.0. The molecule has 0 aromatic heterocycles. The van der Waals surface area contributed by atoms with Crippen molar-refractivity contribution in [1.29, 1.82) is 0 Å². The summed E-state index contributed by atoms with van der Waals surface area (Å²) in [5, 5.41) is 3.43. The fourth-order valence-corrected chi connectivity index (χ4v) is 2.80. The molecule has 1 aliphatic heterocycles. The predicted molar refractivity (Wildman–Crippen MR) is 74.4 cm³/mol. The van der Waals surface area contributed by atoms with Crippen molar-refractivity contribution in [3.05, 3.63) is 29.6 Å². The summed E-state index contributed by atoms with van der Waals surface area (Å²) in [6.07, 6.45) is 2.84. The van der Waals surface area contributed by atoms with Gasteiger partial charge in [0, 0.05) is 37.3 Å². The van der Waals surface area contributed by atoms with Crippen LogP contribution in [0.25, 0.3) is 0 Å². The van der Waals surface area contributed by atoms with Gasteiger partial charge in [0.05, 0.1) is 5.69 Å². The largest absolute Gasteiger partial charge is 0.363 e. The highest BCUT2D eigenvalue weighted by atomic mass is 19.2. The molecule has 0 bridgehead atoms. The van der Waals surface area contributed by atoms with E-state index in [-0.39, 0.29) is 17.8 Å². The molecule has 1 aliphatic rings. The number of hydrogen-bond donors (Lipinski definition) is 1. The van der Waals surface area contributed by atoms with Crippen LogP contribution in [0.15, 0.2) is 12.1 Å².